The van der Waals surface area contributed by atoms with Crippen LogP contribution < -0.4 is 4.72 Å². The highest BCUT2D eigenvalue weighted by Gasteiger charge is 2.17. The normalized spacial score (nSPS) is 11.7. The van der Waals surface area contributed by atoms with Gasteiger partial charge in [-0.15, -0.1) is 11.3 Å². The first-order valence-corrected chi connectivity index (χ1v) is 10.5. The Labute approximate surface area is 145 Å². The van der Waals surface area contributed by atoms with E-state index < -0.39 is 10.0 Å². The first kappa shape index (κ1) is 15.9. The maximum absolute atomic E-state index is 12.3. The minimum atomic E-state index is -3.52. The van der Waals surface area contributed by atoms with Crippen LogP contribution in [0.4, 0.5) is 0 Å². The molecule has 0 spiro atoms. The second kappa shape index (κ2) is 6.64. The maximum Gasteiger partial charge on any atom is 0.242 e. The van der Waals surface area contributed by atoms with Crippen LogP contribution in [-0.2, 0) is 16.6 Å². The van der Waals surface area contributed by atoms with Crippen LogP contribution in [0.25, 0.3) is 11.1 Å². The Bertz CT molecular complexity index is 870. The van der Waals surface area contributed by atoms with Gasteiger partial charge in [-0.2, -0.15) is 11.3 Å². The van der Waals surface area contributed by atoms with E-state index in [0.717, 1.165) is 10.4 Å². The van der Waals surface area contributed by atoms with Gasteiger partial charge >= 0.3 is 0 Å². The van der Waals surface area contributed by atoms with Gasteiger partial charge in [0.25, 0.3) is 0 Å². The van der Waals surface area contributed by atoms with Crippen molar-refractivity contribution in [3.05, 3.63) is 61.9 Å². The van der Waals surface area contributed by atoms with E-state index in [-0.39, 0.29) is 4.90 Å². The Morgan fingerprint density at radius 2 is 1.91 bits per heavy atom. The van der Waals surface area contributed by atoms with Crippen molar-refractivity contribution in [2.75, 3.05) is 0 Å². The molecule has 0 unspecified atom stereocenters. The molecular weight excluding hydrogens is 402 g/mol. The number of thiophene rings is 2. The number of sulfonamides is 1. The van der Waals surface area contributed by atoms with Gasteiger partial charge in [0.1, 0.15) is 0 Å². The molecule has 1 N–H and O–H groups in total. The zero-order chi connectivity index (χ0) is 15.6. The smallest absolute Gasteiger partial charge is 0.207 e. The lowest BCUT2D eigenvalue weighted by molar-refractivity contribution is 0.581. The van der Waals surface area contributed by atoms with E-state index in [9.17, 15) is 8.42 Å². The van der Waals surface area contributed by atoms with Crippen LogP contribution in [0.15, 0.2) is 61.9 Å². The first-order valence-electron chi connectivity index (χ1n) is 6.40. The lowest BCUT2D eigenvalue weighted by atomic mass is 10.2. The fourth-order valence-corrected chi connectivity index (χ4v) is 5.56. The zero-order valence-corrected chi connectivity index (χ0v) is 15.4. The third kappa shape index (κ3) is 3.49. The minimum Gasteiger partial charge on any atom is -0.207 e. The number of benzene rings is 1. The molecule has 22 heavy (non-hydrogen) atoms. The second-order valence-corrected chi connectivity index (χ2v) is 8.93. The average molecular weight is 414 g/mol. The van der Waals surface area contributed by atoms with Gasteiger partial charge in [-0.25, -0.2) is 13.1 Å². The number of nitrogens with one attached hydrogen (secondary N) is 1. The molecule has 0 saturated heterocycles. The summed E-state index contributed by atoms with van der Waals surface area (Å²) in [6.45, 7) is 0.290. The van der Waals surface area contributed by atoms with Crippen molar-refractivity contribution in [3.8, 4) is 11.1 Å². The van der Waals surface area contributed by atoms with Crippen molar-refractivity contribution in [1.82, 2.24) is 4.72 Å². The third-order valence-electron chi connectivity index (χ3n) is 3.07. The van der Waals surface area contributed by atoms with E-state index in [0.29, 0.717) is 11.0 Å². The van der Waals surface area contributed by atoms with Gasteiger partial charge in [-0.1, -0.05) is 12.1 Å². The first-order chi connectivity index (χ1) is 10.6. The Kier molecular flexibility index (Phi) is 4.79. The molecule has 1 aromatic carbocycles. The van der Waals surface area contributed by atoms with Crippen LogP contribution in [0.3, 0.4) is 0 Å². The summed E-state index contributed by atoms with van der Waals surface area (Å²) in [6, 6.07) is 10.9. The van der Waals surface area contributed by atoms with E-state index >= 15 is 0 Å². The summed E-state index contributed by atoms with van der Waals surface area (Å²) in [5.41, 5.74) is 2.29. The molecule has 3 rings (SSSR count). The molecule has 0 aliphatic carbocycles. The number of hydrogen-bond donors (Lipinski definition) is 1. The average Bonchev–Trinajstić information content (AvgIpc) is 3.17. The molecule has 2 aromatic heterocycles. The van der Waals surface area contributed by atoms with Gasteiger partial charge in [0.05, 0.1) is 4.90 Å². The van der Waals surface area contributed by atoms with Crippen molar-refractivity contribution >= 4 is 48.6 Å². The molecule has 0 radical (unpaired) electrons. The SMILES string of the molecule is O=S(=O)(NCc1cc(-c2ccsc2)cs1)c1ccccc1Br. The van der Waals surface area contributed by atoms with Gasteiger partial charge in [-0.05, 0) is 67.5 Å². The fourth-order valence-electron chi connectivity index (χ4n) is 1.96. The van der Waals surface area contributed by atoms with Crippen LogP contribution in [0.5, 0.6) is 0 Å². The standard InChI is InChI=1S/C15H12BrNO2S3/c16-14-3-1-2-4-15(14)22(18,19)17-8-13-7-12(10-21-13)11-5-6-20-9-11/h1-7,9-10,17H,8H2. The Hall–Kier alpha value is -0.990. The van der Waals surface area contributed by atoms with Gasteiger partial charge in [0.15, 0.2) is 0 Å². The summed E-state index contributed by atoms with van der Waals surface area (Å²) in [5.74, 6) is 0. The van der Waals surface area contributed by atoms with Crippen molar-refractivity contribution < 1.29 is 8.42 Å². The molecule has 7 heteroatoms. The molecule has 0 atom stereocenters. The Morgan fingerprint density at radius 1 is 1.09 bits per heavy atom. The van der Waals surface area contributed by atoms with Crippen LogP contribution in [0.1, 0.15) is 4.88 Å². The highest BCUT2D eigenvalue weighted by molar-refractivity contribution is 9.10. The van der Waals surface area contributed by atoms with E-state index in [1.165, 1.54) is 5.56 Å². The molecule has 0 aliphatic heterocycles. The number of hydrogen-bond acceptors (Lipinski definition) is 4. The second-order valence-electron chi connectivity index (χ2n) is 4.57. The number of rotatable bonds is 5. The van der Waals surface area contributed by atoms with Crippen molar-refractivity contribution in [2.24, 2.45) is 0 Å². The summed E-state index contributed by atoms with van der Waals surface area (Å²) >= 11 is 6.48. The molecule has 0 fully saturated rings. The minimum absolute atomic E-state index is 0.254. The maximum atomic E-state index is 12.3. The molecule has 114 valence electrons. The topological polar surface area (TPSA) is 46.2 Å². The Balaban J connectivity index is 1.74. The van der Waals surface area contributed by atoms with Crippen LogP contribution >= 0.6 is 38.6 Å². The van der Waals surface area contributed by atoms with Gasteiger partial charge in [0.2, 0.25) is 10.0 Å². The molecule has 0 amide bonds. The van der Waals surface area contributed by atoms with E-state index in [1.807, 2.05) is 16.8 Å². The molecule has 3 nitrogen and oxygen atoms in total. The third-order valence-corrected chi connectivity index (χ3v) is 7.10. The summed E-state index contributed by atoms with van der Waals surface area (Å²) in [6.07, 6.45) is 0. The van der Waals surface area contributed by atoms with Crippen LogP contribution in [-0.4, -0.2) is 8.42 Å². The van der Waals surface area contributed by atoms with E-state index in [4.69, 9.17) is 0 Å². The van der Waals surface area contributed by atoms with Crippen molar-refractivity contribution in [1.29, 1.82) is 0 Å². The van der Waals surface area contributed by atoms with Gasteiger partial charge in [-0.3, -0.25) is 0 Å². The van der Waals surface area contributed by atoms with Gasteiger partial charge < -0.3 is 0 Å². The van der Waals surface area contributed by atoms with E-state index in [2.05, 4.69) is 32.1 Å². The molecule has 0 aliphatic rings. The summed E-state index contributed by atoms with van der Waals surface area (Å²) in [5, 5.41) is 6.16. The highest BCUT2D eigenvalue weighted by atomic mass is 79.9. The molecule has 3 aromatic rings. The lowest BCUT2D eigenvalue weighted by Crippen LogP contribution is -2.23. The molecular formula is C15H12BrNO2S3. The van der Waals surface area contributed by atoms with Crippen LogP contribution in [0.2, 0.25) is 0 Å². The quantitative estimate of drug-likeness (QED) is 0.657. The van der Waals surface area contributed by atoms with Crippen LogP contribution in [0, 0.1) is 0 Å². The molecule has 0 bridgehead atoms. The predicted octanol–water partition coefficient (Wildman–Crippen LogP) is 4.72. The monoisotopic (exact) mass is 413 g/mol. The Morgan fingerprint density at radius 3 is 2.64 bits per heavy atom. The molecule has 2 heterocycles. The van der Waals surface area contributed by atoms with Gasteiger partial charge in [0, 0.05) is 15.9 Å². The largest absolute Gasteiger partial charge is 0.242 e. The highest BCUT2D eigenvalue weighted by Crippen LogP contribution is 2.28. The zero-order valence-electron chi connectivity index (χ0n) is 11.3. The molecule has 0 saturated carbocycles. The fraction of sp³-hybridized carbons (Fsp3) is 0.0667. The van der Waals surface area contributed by atoms with Crippen molar-refractivity contribution in [3.63, 3.8) is 0 Å². The van der Waals surface area contributed by atoms with E-state index in [1.54, 1.807) is 46.9 Å². The summed E-state index contributed by atoms with van der Waals surface area (Å²) in [4.78, 5) is 1.24. The predicted molar refractivity (Wildman–Crippen MR) is 95.8 cm³/mol. The summed E-state index contributed by atoms with van der Waals surface area (Å²) < 4.78 is 27.9. The summed E-state index contributed by atoms with van der Waals surface area (Å²) in [7, 11) is -3.52. The van der Waals surface area contributed by atoms with Crippen molar-refractivity contribution in [2.45, 2.75) is 11.4 Å². The number of halogens is 1. The lowest BCUT2D eigenvalue weighted by Gasteiger charge is -2.07.